The molecule has 0 spiro atoms. The number of aromatic nitrogens is 1. The van der Waals surface area contributed by atoms with E-state index in [1.54, 1.807) is 54.6 Å². The van der Waals surface area contributed by atoms with E-state index in [0.29, 0.717) is 33.5 Å². The molecule has 0 saturated heterocycles. The Morgan fingerprint density at radius 1 is 0.909 bits per heavy atom. The zero-order valence-electron chi connectivity index (χ0n) is 17.7. The zero-order valence-corrected chi connectivity index (χ0v) is 17.7. The van der Waals surface area contributed by atoms with Gasteiger partial charge in [0.1, 0.15) is 0 Å². The van der Waals surface area contributed by atoms with Crippen molar-refractivity contribution in [3.8, 4) is 22.8 Å². The van der Waals surface area contributed by atoms with Gasteiger partial charge in [-0.3, -0.25) is 15.0 Å². The maximum Gasteiger partial charge on any atom is 0.337 e. The number of nitrogens with zero attached hydrogens (tertiary/aromatic N) is 1. The summed E-state index contributed by atoms with van der Waals surface area (Å²) in [7, 11) is 2.87. The van der Waals surface area contributed by atoms with Gasteiger partial charge in [-0.25, -0.2) is 9.47 Å². The third kappa shape index (κ3) is 2.88. The number of anilines is 1. The number of carbonyl (C=O) groups is 2. The Hall–Kier alpha value is -4.59. The Bertz CT molecular complexity index is 1540. The summed E-state index contributed by atoms with van der Waals surface area (Å²) in [5, 5.41) is 10.2. The zero-order chi connectivity index (χ0) is 23.3. The Kier molecular flexibility index (Phi) is 4.63. The van der Waals surface area contributed by atoms with Crippen molar-refractivity contribution in [3.63, 3.8) is 0 Å². The predicted octanol–water partition coefficient (Wildman–Crippen LogP) is 3.80. The van der Waals surface area contributed by atoms with Gasteiger partial charge in [-0.1, -0.05) is 36.4 Å². The maximum absolute atomic E-state index is 13.8. The van der Waals surface area contributed by atoms with Crippen LogP contribution in [0.15, 0.2) is 65.5 Å². The quantitative estimate of drug-likeness (QED) is 0.426. The van der Waals surface area contributed by atoms with Crippen molar-refractivity contribution in [3.05, 3.63) is 87.7 Å². The first kappa shape index (κ1) is 20.3. The molecule has 1 aliphatic rings. The number of aromatic carboxylic acids is 1. The summed E-state index contributed by atoms with van der Waals surface area (Å²) in [5.74, 6) is -0.865. The summed E-state index contributed by atoms with van der Waals surface area (Å²) in [6, 6.07) is 16.5. The average molecular weight is 442 g/mol. The first-order valence-corrected chi connectivity index (χ1v) is 10.0. The number of rotatable bonds is 5. The molecule has 0 radical (unpaired) electrons. The van der Waals surface area contributed by atoms with Crippen LogP contribution in [0.3, 0.4) is 0 Å². The number of carboxylic acid groups (broad SMARTS) is 1. The van der Waals surface area contributed by atoms with Crippen LogP contribution in [0.2, 0.25) is 0 Å². The summed E-state index contributed by atoms with van der Waals surface area (Å²) in [5.41, 5.74) is 4.33. The Labute approximate surface area is 187 Å². The predicted molar refractivity (Wildman–Crippen MR) is 123 cm³/mol. The molecule has 0 fully saturated rings. The number of pyridine rings is 1. The molecule has 0 unspecified atom stereocenters. The fourth-order valence-corrected chi connectivity index (χ4v) is 4.30. The van der Waals surface area contributed by atoms with Crippen LogP contribution in [0, 0.1) is 0 Å². The monoisotopic (exact) mass is 442 g/mol. The summed E-state index contributed by atoms with van der Waals surface area (Å²) in [4.78, 5) is 39.0. The van der Waals surface area contributed by atoms with Gasteiger partial charge in [-0.2, -0.15) is 0 Å². The Balaban J connectivity index is 1.92. The molecule has 2 N–H and O–H groups in total. The standard InChI is InChI=1S/C25H18N2O6/c1-32-18-12-11-16-19-21(13-7-3-4-8-14(13)22(19)28)27(24(29)20(16)23(18)33-2)26-17-10-6-5-9-15(17)25(30)31/h3-12,26H,1-2H3,(H,30,31). The normalized spacial score (nSPS) is 11.8. The van der Waals surface area contributed by atoms with E-state index < -0.39 is 11.5 Å². The Morgan fingerprint density at radius 3 is 2.30 bits per heavy atom. The summed E-state index contributed by atoms with van der Waals surface area (Å²) in [6.07, 6.45) is 0. The van der Waals surface area contributed by atoms with Crippen LogP contribution in [0.5, 0.6) is 11.5 Å². The number of fused-ring (bicyclic) bond motifs is 5. The maximum atomic E-state index is 13.8. The first-order chi connectivity index (χ1) is 16.0. The van der Waals surface area contributed by atoms with Gasteiger partial charge in [0.25, 0.3) is 5.56 Å². The minimum Gasteiger partial charge on any atom is -0.493 e. The van der Waals surface area contributed by atoms with Gasteiger partial charge in [-0.05, 0) is 24.3 Å². The average Bonchev–Trinajstić information content (AvgIpc) is 3.13. The molecule has 0 bridgehead atoms. The van der Waals surface area contributed by atoms with E-state index in [1.807, 2.05) is 0 Å². The number of benzene rings is 3. The second kappa shape index (κ2) is 7.52. The molecular weight excluding hydrogens is 424 g/mol. The highest BCUT2D eigenvalue weighted by Gasteiger charge is 2.34. The molecule has 8 heteroatoms. The fourth-order valence-electron chi connectivity index (χ4n) is 4.30. The van der Waals surface area contributed by atoms with E-state index in [2.05, 4.69) is 5.43 Å². The highest BCUT2D eigenvalue weighted by Crippen LogP contribution is 2.43. The molecule has 8 nitrogen and oxygen atoms in total. The topological polar surface area (TPSA) is 107 Å². The number of hydrogen-bond acceptors (Lipinski definition) is 6. The molecule has 0 saturated carbocycles. The van der Waals surface area contributed by atoms with Crippen molar-refractivity contribution in [1.29, 1.82) is 0 Å². The van der Waals surface area contributed by atoms with E-state index in [-0.39, 0.29) is 28.2 Å². The van der Waals surface area contributed by atoms with E-state index in [9.17, 15) is 19.5 Å². The molecule has 5 rings (SSSR count). The molecule has 164 valence electrons. The van der Waals surface area contributed by atoms with Crippen LogP contribution in [-0.4, -0.2) is 35.8 Å². The number of para-hydroxylation sites is 1. The van der Waals surface area contributed by atoms with Gasteiger partial charge in [0.05, 0.1) is 42.1 Å². The largest absolute Gasteiger partial charge is 0.493 e. The lowest BCUT2D eigenvalue weighted by atomic mass is 10.0. The lowest BCUT2D eigenvalue weighted by Crippen LogP contribution is -2.30. The highest BCUT2D eigenvalue weighted by atomic mass is 16.5. The summed E-state index contributed by atoms with van der Waals surface area (Å²) < 4.78 is 12.1. The minimum absolute atomic E-state index is 0.0199. The van der Waals surface area contributed by atoms with Gasteiger partial charge in [-0.15, -0.1) is 0 Å². The van der Waals surface area contributed by atoms with Gasteiger partial charge in [0.15, 0.2) is 17.3 Å². The Morgan fingerprint density at radius 2 is 1.61 bits per heavy atom. The van der Waals surface area contributed by atoms with Crippen molar-refractivity contribution in [2.24, 2.45) is 0 Å². The second-order valence-electron chi connectivity index (χ2n) is 7.43. The highest BCUT2D eigenvalue weighted by molar-refractivity contribution is 6.27. The lowest BCUT2D eigenvalue weighted by Gasteiger charge is -2.19. The van der Waals surface area contributed by atoms with Crippen molar-refractivity contribution in [2.75, 3.05) is 19.6 Å². The van der Waals surface area contributed by atoms with Gasteiger partial charge in [0, 0.05) is 16.5 Å². The van der Waals surface area contributed by atoms with Crippen molar-refractivity contribution >= 4 is 28.2 Å². The SMILES string of the molecule is COc1ccc2c3c(n(Nc4ccccc4C(=O)O)c(=O)c2c1OC)-c1ccccc1C3=O. The number of ether oxygens (including phenoxy) is 2. The van der Waals surface area contributed by atoms with E-state index in [0.717, 1.165) is 0 Å². The fraction of sp³-hybridized carbons (Fsp3) is 0.0800. The van der Waals surface area contributed by atoms with Crippen LogP contribution in [0.1, 0.15) is 26.3 Å². The number of carbonyl (C=O) groups excluding carboxylic acids is 1. The van der Waals surface area contributed by atoms with Gasteiger partial charge < -0.3 is 14.6 Å². The number of carboxylic acids is 1. The molecule has 4 aromatic rings. The molecule has 3 aromatic carbocycles. The molecule has 1 aromatic heterocycles. The van der Waals surface area contributed by atoms with Crippen LogP contribution < -0.4 is 20.5 Å². The van der Waals surface area contributed by atoms with E-state index in [1.165, 1.54) is 25.0 Å². The van der Waals surface area contributed by atoms with Crippen molar-refractivity contribution in [2.45, 2.75) is 0 Å². The molecule has 1 heterocycles. The van der Waals surface area contributed by atoms with Crippen LogP contribution in [-0.2, 0) is 0 Å². The van der Waals surface area contributed by atoms with E-state index >= 15 is 0 Å². The van der Waals surface area contributed by atoms with Crippen molar-refractivity contribution in [1.82, 2.24) is 4.68 Å². The van der Waals surface area contributed by atoms with Gasteiger partial charge >= 0.3 is 5.97 Å². The minimum atomic E-state index is -1.15. The first-order valence-electron chi connectivity index (χ1n) is 10.0. The molecular formula is C25H18N2O6. The van der Waals surface area contributed by atoms with Crippen LogP contribution in [0.4, 0.5) is 5.69 Å². The molecule has 0 atom stereocenters. The lowest BCUT2D eigenvalue weighted by molar-refractivity contribution is 0.0697. The van der Waals surface area contributed by atoms with Gasteiger partial charge in [0.2, 0.25) is 0 Å². The molecule has 0 amide bonds. The van der Waals surface area contributed by atoms with Crippen LogP contribution >= 0.6 is 0 Å². The third-order valence-corrected chi connectivity index (χ3v) is 5.74. The third-order valence-electron chi connectivity index (χ3n) is 5.74. The van der Waals surface area contributed by atoms with E-state index in [4.69, 9.17) is 9.47 Å². The second-order valence-corrected chi connectivity index (χ2v) is 7.43. The number of hydrogen-bond donors (Lipinski definition) is 2. The molecule has 33 heavy (non-hydrogen) atoms. The number of methoxy groups -OCH3 is 2. The van der Waals surface area contributed by atoms with Crippen molar-refractivity contribution < 1.29 is 24.2 Å². The number of nitrogens with one attached hydrogen (secondary N) is 1. The number of ketones is 1. The summed E-state index contributed by atoms with van der Waals surface area (Å²) in [6.45, 7) is 0. The molecule has 1 aliphatic carbocycles. The smallest absolute Gasteiger partial charge is 0.337 e. The molecule has 0 aliphatic heterocycles. The van der Waals surface area contributed by atoms with Crippen LogP contribution in [0.25, 0.3) is 22.0 Å². The summed E-state index contributed by atoms with van der Waals surface area (Å²) >= 11 is 0.